The number of amides is 3. The number of rotatable bonds is 14. The molecule has 0 spiro atoms. The van der Waals surface area contributed by atoms with Crippen molar-refractivity contribution in [1.82, 2.24) is 25.2 Å². The van der Waals surface area contributed by atoms with Gasteiger partial charge in [-0.3, -0.25) is 19.4 Å². The average Bonchev–Trinajstić information content (AvgIpc) is 3.54. The minimum atomic E-state index is -4.79. The van der Waals surface area contributed by atoms with E-state index in [1.165, 1.54) is 38.7 Å². The molecule has 4 rings (SSSR count). The van der Waals surface area contributed by atoms with E-state index in [1.54, 1.807) is 23.6 Å². The number of phosphoric ester groups is 1. The molecule has 1 aromatic carbocycles. The zero-order chi connectivity index (χ0) is 35.9. The van der Waals surface area contributed by atoms with Crippen LogP contribution in [0, 0.1) is 0 Å². The van der Waals surface area contributed by atoms with Crippen LogP contribution in [-0.2, 0) is 24.7 Å². The zero-order valence-electron chi connectivity index (χ0n) is 26.2. The van der Waals surface area contributed by atoms with Gasteiger partial charge in [0.15, 0.2) is 5.69 Å². The second-order valence-corrected chi connectivity index (χ2v) is 12.4. The van der Waals surface area contributed by atoms with Crippen LogP contribution in [0.3, 0.4) is 0 Å². The molecular weight excluding hydrogens is 696 g/mol. The van der Waals surface area contributed by atoms with E-state index in [9.17, 15) is 32.1 Å². The van der Waals surface area contributed by atoms with Crippen molar-refractivity contribution in [2.75, 3.05) is 52.4 Å². The smallest absolute Gasteiger partial charge is 0.382 e. The molecule has 0 radical (unpaired) electrons. The van der Waals surface area contributed by atoms with Gasteiger partial charge in [0.2, 0.25) is 5.43 Å². The van der Waals surface area contributed by atoms with Crippen LogP contribution in [0.1, 0.15) is 29.0 Å². The molecule has 0 fully saturated rings. The maximum atomic E-state index is 13.8. The Labute approximate surface area is 280 Å². The third kappa shape index (κ3) is 9.48. The number of benzene rings is 1. The van der Waals surface area contributed by atoms with Gasteiger partial charge in [-0.2, -0.15) is 13.2 Å². The molecular formula is C29H32F3N6O9PS. The van der Waals surface area contributed by atoms with Gasteiger partial charge in [0.25, 0.3) is 5.91 Å². The molecule has 0 aliphatic rings. The molecule has 15 nitrogen and oxygen atoms in total. The van der Waals surface area contributed by atoms with Crippen molar-refractivity contribution in [1.29, 1.82) is 0 Å². The summed E-state index contributed by atoms with van der Waals surface area (Å²) >= 11 is 0.725. The Kier molecular flexibility index (Phi) is 12.3. The van der Waals surface area contributed by atoms with Crippen molar-refractivity contribution in [2.45, 2.75) is 19.1 Å². The Morgan fingerprint density at radius 1 is 1.10 bits per heavy atom. The fourth-order valence-corrected chi connectivity index (χ4v) is 5.97. The molecule has 4 aromatic rings. The fourth-order valence-electron chi connectivity index (χ4n) is 4.78. The molecule has 5 N–H and O–H groups in total. The van der Waals surface area contributed by atoms with Crippen LogP contribution in [0.5, 0.6) is 0 Å². The predicted octanol–water partition coefficient (Wildman–Crippen LogP) is 4.02. The summed E-state index contributed by atoms with van der Waals surface area (Å²) in [6, 6.07) is 4.91. The number of thiazole rings is 1. The number of aromatic nitrogens is 3. The fraction of sp³-hybridized carbons (Fsp3) is 0.345. The van der Waals surface area contributed by atoms with E-state index in [-0.39, 0.29) is 52.7 Å². The van der Waals surface area contributed by atoms with Crippen molar-refractivity contribution < 1.29 is 51.1 Å². The van der Waals surface area contributed by atoms with Crippen LogP contribution < -0.4 is 21.4 Å². The van der Waals surface area contributed by atoms with E-state index in [0.29, 0.717) is 17.6 Å². The summed E-state index contributed by atoms with van der Waals surface area (Å²) in [6.45, 7) is 1.37. The molecule has 20 heteroatoms. The highest BCUT2D eigenvalue weighted by molar-refractivity contribution is 7.46. The van der Waals surface area contributed by atoms with Gasteiger partial charge in [0.1, 0.15) is 16.4 Å². The summed E-state index contributed by atoms with van der Waals surface area (Å²) in [4.78, 5) is 65.0. The van der Waals surface area contributed by atoms with Crippen LogP contribution >= 0.6 is 19.2 Å². The number of pyridine rings is 2. The van der Waals surface area contributed by atoms with Gasteiger partial charge in [-0.15, -0.1) is 11.3 Å². The zero-order valence-corrected chi connectivity index (χ0v) is 27.9. The Morgan fingerprint density at radius 3 is 2.43 bits per heavy atom. The van der Waals surface area contributed by atoms with Gasteiger partial charge in [0.05, 0.1) is 31.4 Å². The summed E-state index contributed by atoms with van der Waals surface area (Å²) < 4.78 is 68.1. The molecule has 0 bridgehead atoms. The number of hydrogen-bond donors (Lipinski definition) is 5. The first-order valence-corrected chi connectivity index (χ1v) is 16.8. The largest absolute Gasteiger partial charge is 0.469 e. The van der Waals surface area contributed by atoms with E-state index >= 15 is 0 Å². The van der Waals surface area contributed by atoms with Gasteiger partial charge < -0.3 is 34.5 Å². The van der Waals surface area contributed by atoms with Crippen molar-refractivity contribution in [3.05, 3.63) is 63.5 Å². The van der Waals surface area contributed by atoms with E-state index in [1.807, 2.05) is 0 Å². The first kappa shape index (κ1) is 37.6. The summed E-state index contributed by atoms with van der Waals surface area (Å²) in [6.07, 6.45) is -2.07. The van der Waals surface area contributed by atoms with Crippen molar-refractivity contribution in [3.63, 3.8) is 0 Å². The Hall–Kier alpha value is -4.23. The van der Waals surface area contributed by atoms with Gasteiger partial charge in [-0.25, -0.2) is 19.3 Å². The topological polar surface area (TPSA) is 203 Å². The highest BCUT2D eigenvalue weighted by Gasteiger charge is 2.34. The van der Waals surface area contributed by atoms with Crippen LogP contribution in [0.15, 0.2) is 46.8 Å². The van der Waals surface area contributed by atoms with Crippen molar-refractivity contribution >= 4 is 47.8 Å². The Bertz CT molecular complexity index is 1930. The first-order chi connectivity index (χ1) is 23.2. The lowest BCUT2D eigenvalue weighted by molar-refractivity contribution is -0.140. The maximum absolute atomic E-state index is 13.8. The van der Waals surface area contributed by atoms with Crippen LogP contribution in [0.4, 0.5) is 23.8 Å². The molecule has 3 aromatic heterocycles. The highest BCUT2D eigenvalue weighted by Crippen LogP contribution is 2.39. The lowest BCUT2D eigenvalue weighted by Gasteiger charge is -2.23. The summed E-state index contributed by atoms with van der Waals surface area (Å²) in [5.41, 5.74) is -1.01. The standard InChI is InChI=1S/C29H32F3N6O9PS/c1-4-33-28(41)37-24-10-18(27-36-23(15-49-27)29(30,31)32)20(11-35-24)16-5-6-22-19(9-16)25(39)21(12-38(22)17(13-45-2)14-46-3)26(40)34-7-8-47-48(42,43)44/h5-6,9-12,15,17H,4,7-8,13-14H2,1-3H3,(H,34,40)(H2,42,43,44)(H2,33,35,37,41). The van der Waals surface area contributed by atoms with E-state index in [0.717, 1.165) is 16.7 Å². The number of anilines is 1. The molecule has 0 unspecified atom stereocenters. The van der Waals surface area contributed by atoms with Crippen LogP contribution in [0.25, 0.3) is 32.6 Å². The van der Waals surface area contributed by atoms with E-state index in [4.69, 9.17) is 19.3 Å². The number of halogens is 3. The molecule has 0 aliphatic carbocycles. The number of methoxy groups -OCH3 is 2. The lowest BCUT2D eigenvalue weighted by atomic mass is 9.99. The minimum Gasteiger partial charge on any atom is -0.382 e. The number of nitrogens with one attached hydrogen (secondary N) is 3. The molecule has 0 atom stereocenters. The van der Waals surface area contributed by atoms with Gasteiger partial charge in [-0.1, -0.05) is 6.07 Å². The monoisotopic (exact) mass is 728 g/mol. The average molecular weight is 729 g/mol. The molecule has 3 heterocycles. The number of ether oxygens (including phenoxy) is 2. The molecule has 49 heavy (non-hydrogen) atoms. The summed E-state index contributed by atoms with van der Waals surface area (Å²) in [5.74, 6) is -0.834. The minimum absolute atomic E-state index is 0.0280. The second kappa shape index (κ2) is 16.0. The molecule has 264 valence electrons. The number of hydrogen-bond acceptors (Lipinski definition) is 10. The normalized spacial score (nSPS) is 12.0. The number of phosphoric acid groups is 1. The predicted molar refractivity (Wildman–Crippen MR) is 173 cm³/mol. The van der Waals surface area contributed by atoms with Crippen molar-refractivity contribution in [2.24, 2.45) is 0 Å². The Morgan fingerprint density at radius 2 is 1.82 bits per heavy atom. The number of carbonyl (C=O) groups excluding carboxylic acids is 2. The number of carbonyl (C=O) groups is 2. The second-order valence-electron chi connectivity index (χ2n) is 10.3. The molecule has 3 amide bonds. The number of fused-ring (bicyclic) bond motifs is 1. The highest BCUT2D eigenvalue weighted by atomic mass is 32.1. The van der Waals surface area contributed by atoms with Gasteiger partial charge in [-0.05, 0) is 30.7 Å². The summed E-state index contributed by atoms with van der Waals surface area (Å²) in [5, 5.41) is 8.32. The number of nitrogens with zero attached hydrogens (tertiary/aromatic N) is 3. The lowest BCUT2D eigenvalue weighted by Crippen LogP contribution is -2.33. The third-order valence-corrected chi connectivity index (χ3v) is 8.25. The third-order valence-electron chi connectivity index (χ3n) is 6.85. The van der Waals surface area contributed by atoms with Crippen LogP contribution in [-0.4, -0.2) is 83.4 Å². The summed E-state index contributed by atoms with van der Waals surface area (Å²) in [7, 11) is -1.87. The van der Waals surface area contributed by atoms with E-state index in [2.05, 4.69) is 30.4 Å². The van der Waals surface area contributed by atoms with Crippen LogP contribution in [0.2, 0.25) is 0 Å². The van der Waals surface area contributed by atoms with Gasteiger partial charge >= 0.3 is 20.0 Å². The molecule has 0 saturated heterocycles. The molecule has 0 saturated carbocycles. The quantitative estimate of drug-likeness (QED) is 0.0927. The first-order valence-electron chi connectivity index (χ1n) is 14.4. The van der Waals surface area contributed by atoms with Crippen molar-refractivity contribution in [3.8, 4) is 21.7 Å². The SMILES string of the molecule is CCNC(=O)Nc1cc(-c2nc(C(F)(F)F)cs2)c(-c2ccc3c(c2)c(=O)c(C(=O)NCCOP(=O)(O)O)cn3C(COC)COC)cn1. The number of urea groups is 1. The maximum Gasteiger partial charge on any atom is 0.469 e. The Balaban J connectivity index is 1.89. The van der Waals surface area contributed by atoms with Gasteiger partial charge in [0, 0.05) is 61.6 Å². The molecule has 0 aliphatic heterocycles. The number of alkyl halides is 3. The van der Waals surface area contributed by atoms with E-state index < -0.39 is 49.7 Å².